The van der Waals surface area contributed by atoms with Crippen LogP contribution in [0.2, 0.25) is 0 Å². The molecule has 0 radical (unpaired) electrons. The number of nitrogens with one attached hydrogen (secondary N) is 1. The molecule has 0 bridgehead atoms. The number of anilines is 1. The molecule has 6 nitrogen and oxygen atoms in total. The van der Waals surface area contributed by atoms with Crippen molar-refractivity contribution in [1.29, 1.82) is 0 Å². The molecule has 0 saturated heterocycles. The molecule has 0 unspecified atom stereocenters. The van der Waals surface area contributed by atoms with Crippen molar-refractivity contribution in [3.05, 3.63) is 34.4 Å². The van der Waals surface area contributed by atoms with Gasteiger partial charge in [-0.2, -0.15) is 0 Å². The van der Waals surface area contributed by atoms with Gasteiger partial charge in [0.25, 0.3) is 5.69 Å². The van der Waals surface area contributed by atoms with E-state index >= 15 is 0 Å². The Kier molecular flexibility index (Phi) is 2.44. The number of carboxylic acid groups (broad SMARTS) is 1. The maximum absolute atomic E-state index is 10.3. The van der Waals surface area contributed by atoms with Crippen LogP contribution in [0.5, 0.6) is 0 Å². The summed E-state index contributed by atoms with van der Waals surface area (Å²) < 4.78 is 0. The van der Waals surface area contributed by atoms with Crippen molar-refractivity contribution in [1.82, 2.24) is 0 Å². The van der Waals surface area contributed by atoms with E-state index in [2.05, 4.69) is 0 Å². The fraction of sp³-hybridized carbons (Fsp3) is 0. The Morgan fingerprint density at radius 3 is 2.77 bits per heavy atom. The number of nitro groups is 1. The SMILES string of the molecule is O=C(O)Nc1cccc([N+](=O)[O-])c1. The third-order valence-electron chi connectivity index (χ3n) is 1.31. The lowest BCUT2D eigenvalue weighted by Crippen LogP contribution is -2.07. The van der Waals surface area contributed by atoms with Crippen molar-refractivity contribution in [2.75, 3.05) is 5.32 Å². The van der Waals surface area contributed by atoms with Crippen LogP contribution >= 0.6 is 0 Å². The van der Waals surface area contributed by atoms with E-state index in [9.17, 15) is 14.9 Å². The number of hydrogen-bond acceptors (Lipinski definition) is 3. The molecule has 6 heteroatoms. The zero-order valence-electron chi connectivity index (χ0n) is 6.43. The van der Waals surface area contributed by atoms with Crippen LogP contribution < -0.4 is 5.32 Å². The van der Waals surface area contributed by atoms with Gasteiger partial charge in [0, 0.05) is 12.1 Å². The number of carbonyl (C=O) groups is 1. The third-order valence-corrected chi connectivity index (χ3v) is 1.31. The summed E-state index contributed by atoms with van der Waals surface area (Å²) in [5.74, 6) is 0. The summed E-state index contributed by atoms with van der Waals surface area (Å²) in [4.78, 5) is 19.8. The second-order valence-electron chi connectivity index (χ2n) is 2.24. The Morgan fingerprint density at radius 1 is 1.54 bits per heavy atom. The number of non-ortho nitro benzene ring substituents is 1. The average molecular weight is 182 g/mol. The van der Waals surface area contributed by atoms with E-state index in [0.717, 1.165) is 6.07 Å². The van der Waals surface area contributed by atoms with Gasteiger partial charge >= 0.3 is 6.09 Å². The normalized spacial score (nSPS) is 9.23. The lowest BCUT2D eigenvalue weighted by Gasteiger charge is -1.98. The standard InChI is InChI=1S/C7H6N2O4/c10-7(11)8-5-2-1-3-6(4-5)9(12)13/h1-4,8H,(H,10,11). The van der Waals surface area contributed by atoms with Crippen molar-refractivity contribution in [2.45, 2.75) is 0 Å². The van der Waals surface area contributed by atoms with E-state index in [-0.39, 0.29) is 11.4 Å². The van der Waals surface area contributed by atoms with Crippen molar-refractivity contribution in [3.8, 4) is 0 Å². The molecule has 0 spiro atoms. The first-order valence-corrected chi connectivity index (χ1v) is 3.34. The maximum atomic E-state index is 10.3. The van der Waals surface area contributed by atoms with Gasteiger partial charge in [-0.3, -0.25) is 15.4 Å². The molecule has 0 aliphatic carbocycles. The molecule has 0 atom stereocenters. The van der Waals surface area contributed by atoms with Crippen LogP contribution in [0, 0.1) is 10.1 Å². The first kappa shape index (κ1) is 8.98. The molecule has 0 aromatic heterocycles. The highest BCUT2D eigenvalue weighted by Crippen LogP contribution is 2.16. The lowest BCUT2D eigenvalue weighted by molar-refractivity contribution is -0.384. The van der Waals surface area contributed by atoms with Crippen molar-refractivity contribution in [3.63, 3.8) is 0 Å². The Bertz CT molecular complexity index is 350. The summed E-state index contributed by atoms with van der Waals surface area (Å²) in [6.07, 6.45) is -1.25. The molecule has 68 valence electrons. The van der Waals surface area contributed by atoms with E-state index < -0.39 is 11.0 Å². The molecule has 2 N–H and O–H groups in total. The number of benzene rings is 1. The minimum absolute atomic E-state index is 0.147. The molecule has 13 heavy (non-hydrogen) atoms. The summed E-state index contributed by atoms with van der Waals surface area (Å²) in [5.41, 5.74) is 0.0351. The second kappa shape index (κ2) is 3.53. The van der Waals surface area contributed by atoms with Gasteiger partial charge < -0.3 is 5.11 Å². The summed E-state index contributed by atoms with van der Waals surface area (Å²) in [7, 11) is 0. The van der Waals surface area contributed by atoms with Gasteiger partial charge in [0.05, 0.1) is 10.6 Å². The van der Waals surface area contributed by atoms with Crippen LogP contribution in [0.3, 0.4) is 0 Å². The van der Waals surface area contributed by atoms with Crippen LogP contribution in [-0.4, -0.2) is 16.1 Å². The van der Waals surface area contributed by atoms with E-state index in [0.29, 0.717) is 0 Å². The second-order valence-corrected chi connectivity index (χ2v) is 2.24. The molecule has 0 aliphatic rings. The molecular weight excluding hydrogens is 176 g/mol. The largest absolute Gasteiger partial charge is 0.465 e. The molecule has 1 rings (SSSR count). The number of hydrogen-bond donors (Lipinski definition) is 2. The predicted octanol–water partition coefficient (Wildman–Crippen LogP) is 1.68. The van der Waals surface area contributed by atoms with Gasteiger partial charge in [0.2, 0.25) is 0 Å². The zero-order chi connectivity index (χ0) is 9.84. The van der Waals surface area contributed by atoms with Gasteiger partial charge in [0.1, 0.15) is 0 Å². The Labute approximate surface area is 73.0 Å². The lowest BCUT2D eigenvalue weighted by atomic mass is 10.3. The van der Waals surface area contributed by atoms with Crippen LogP contribution in [0.25, 0.3) is 0 Å². The fourth-order valence-corrected chi connectivity index (χ4v) is 0.821. The van der Waals surface area contributed by atoms with Crippen LogP contribution in [-0.2, 0) is 0 Å². The highest BCUT2D eigenvalue weighted by molar-refractivity contribution is 5.83. The fourth-order valence-electron chi connectivity index (χ4n) is 0.821. The number of rotatable bonds is 2. The average Bonchev–Trinajstić information content (AvgIpc) is 2.03. The van der Waals surface area contributed by atoms with Crippen LogP contribution in [0.15, 0.2) is 24.3 Å². The monoisotopic (exact) mass is 182 g/mol. The van der Waals surface area contributed by atoms with E-state index in [1.165, 1.54) is 18.2 Å². The highest BCUT2D eigenvalue weighted by atomic mass is 16.6. The molecule has 1 amide bonds. The van der Waals surface area contributed by atoms with Gasteiger partial charge in [-0.05, 0) is 6.07 Å². The maximum Gasteiger partial charge on any atom is 0.409 e. The number of nitro benzene ring substituents is 1. The topological polar surface area (TPSA) is 92.5 Å². The first-order chi connectivity index (χ1) is 6.09. The summed E-state index contributed by atoms with van der Waals surface area (Å²) >= 11 is 0. The van der Waals surface area contributed by atoms with Gasteiger partial charge in [-0.15, -0.1) is 0 Å². The highest BCUT2D eigenvalue weighted by Gasteiger charge is 2.06. The van der Waals surface area contributed by atoms with Crippen molar-refractivity contribution < 1.29 is 14.8 Å². The van der Waals surface area contributed by atoms with Gasteiger partial charge in [0.15, 0.2) is 0 Å². The third kappa shape index (κ3) is 2.44. The minimum Gasteiger partial charge on any atom is -0.465 e. The zero-order valence-corrected chi connectivity index (χ0v) is 6.43. The molecule has 0 aliphatic heterocycles. The Balaban J connectivity index is 2.91. The number of amides is 1. The molecule has 0 saturated carbocycles. The summed E-state index contributed by atoms with van der Waals surface area (Å²) in [5, 5.41) is 20.6. The van der Waals surface area contributed by atoms with Crippen LogP contribution in [0.1, 0.15) is 0 Å². The summed E-state index contributed by atoms with van der Waals surface area (Å²) in [6, 6.07) is 5.27. The molecule has 0 heterocycles. The Hall–Kier alpha value is -2.11. The smallest absolute Gasteiger partial charge is 0.409 e. The van der Waals surface area contributed by atoms with Gasteiger partial charge in [-0.1, -0.05) is 6.07 Å². The van der Waals surface area contributed by atoms with E-state index in [4.69, 9.17) is 5.11 Å². The van der Waals surface area contributed by atoms with Gasteiger partial charge in [-0.25, -0.2) is 4.79 Å². The van der Waals surface area contributed by atoms with E-state index in [1.54, 1.807) is 0 Å². The van der Waals surface area contributed by atoms with E-state index in [1.807, 2.05) is 5.32 Å². The molecule has 0 fully saturated rings. The summed E-state index contributed by atoms with van der Waals surface area (Å²) in [6.45, 7) is 0. The molecule has 1 aromatic rings. The van der Waals surface area contributed by atoms with Crippen LogP contribution in [0.4, 0.5) is 16.2 Å². The molecule has 1 aromatic carbocycles. The van der Waals surface area contributed by atoms with Crippen molar-refractivity contribution in [2.24, 2.45) is 0 Å². The quantitative estimate of drug-likeness (QED) is 0.537. The Morgan fingerprint density at radius 2 is 2.23 bits per heavy atom. The predicted molar refractivity (Wildman–Crippen MR) is 44.7 cm³/mol. The number of nitrogens with zero attached hydrogens (tertiary/aromatic N) is 1. The van der Waals surface area contributed by atoms with Crippen molar-refractivity contribution >= 4 is 17.5 Å². The first-order valence-electron chi connectivity index (χ1n) is 3.34. The molecular formula is C7H6N2O4. The minimum atomic E-state index is -1.25.